The van der Waals surface area contributed by atoms with Gasteiger partial charge in [-0.2, -0.15) is 0 Å². The van der Waals surface area contributed by atoms with Crippen LogP contribution in [0, 0.1) is 23.7 Å². The van der Waals surface area contributed by atoms with Gasteiger partial charge >= 0.3 is 0 Å². The SMILES string of the molecule is CCC(C)C1CCC2C(=O)CCCC21. The van der Waals surface area contributed by atoms with Gasteiger partial charge in [-0.25, -0.2) is 0 Å². The average molecular weight is 194 g/mol. The number of fused-ring (bicyclic) bond motifs is 1. The maximum Gasteiger partial charge on any atom is 0.136 e. The lowest BCUT2D eigenvalue weighted by Gasteiger charge is -2.31. The van der Waals surface area contributed by atoms with E-state index in [9.17, 15) is 4.79 Å². The predicted molar refractivity (Wildman–Crippen MR) is 58.0 cm³/mol. The van der Waals surface area contributed by atoms with Gasteiger partial charge < -0.3 is 0 Å². The fourth-order valence-corrected chi connectivity index (χ4v) is 3.62. The summed E-state index contributed by atoms with van der Waals surface area (Å²) in [6.07, 6.45) is 7.14. The zero-order valence-electron chi connectivity index (χ0n) is 9.46. The monoisotopic (exact) mass is 194 g/mol. The lowest BCUT2D eigenvalue weighted by atomic mass is 9.73. The number of hydrogen-bond acceptors (Lipinski definition) is 1. The second-order valence-corrected chi connectivity index (χ2v) is 5.26. The fourth-order valence-electron chi connectivity index (χ4n) is 3.62. The lowest BCUT2D eigenvalue weighted by molar-refractivity contribution is -0.126. The Bertz CT molecular complexity index is 221. The van der Waals surface area contributed by atoms with Crippen LogP contribution in [0.2, 0.25) is 0 Å². The number of carbonyl (C=O) groups is 1. The van der Waals surface area contributed by atoms with Crippen molar-refractivity contribution in [1.82, 2.24) is 0 Å². The molecule has 0 aromatic carbocycles. The second-order valence-electron chi connectivity index (χ2n) is 5.26. The van der Waals surface area contributed by atoms with Crippen molar-refractivity contribution in [2.45, 2.75) is 52.4 Å². The Hall–Kier alpha value is -0.330. The van der Waals surface area contributed by atoms with Gasteiger partial charge in [-0.1, -0.05) is 20.3 Å². The summed E-state index contributed by atoms with van der Waals surface area (Å²) in [5.41, 5.74) is 0. The molecule has 0 heterocycles. The number of carbonyl (C=O) groups excluding carboxylic acids is 1. The van der Waals surface area contributed by atoms with Crippen molar-refractivity contribution in [1.29, 1.82) is 0 Å². The van der Waals surface area contributed by atoms with Crippen LogP contribution in [0.15, 0.2) is 0 Å². The minimum Gasteiger partial charge on any atom is -0.299 e. The summed E-state index contributed by atoms with van der Waals surface area (Å²) in [6, 6.07) is 0. The van der Waals surface area contributed by atoms with E-state index in [2.05, 4.69) is 13.8 Å². The highest BCUT2D eigenvalue weighted by Gasteiger charge is 2.42. The van der Waals surface area contributed by atoms with Gasteiger partial charge in [0.25, 0.3) is 0 Å². The highest BCUT2D eigenvalue weighted by atomic mass is 16.1. The molecule has 2 fully saturated rings. The molecule has 4 unspecified atom stereocenters. The number of hydrogen-bond donors (Lipinski definition) is 0. The minimum atomic E-state index is 0.461. The van der Waals surface area contributed by atoms with Gasteiger partial charge in [-0.15, -0.1) is 0 Å². The highest BCUT2D eigenvalue weighted by Crippen LogP contribution is 2.47. The molecule has 0 saturated heterocycles. The fraction of sp³-hybridized carbons (Fsp3) is 0.923. The van der Waals surface area contributed by atoms with Gasteiger partial charge in [-0.05, 0) is 43.4 Å². The van der Waals surface area contributed by atoms with Crippen LogP contribution in [0.1, 0.15) is 52.4 Å². The molecule has 0 aliphatic heterocycles. The van der Waals surface area contributed by atoms with E-state index in [1.807, 2.05) is 0 Å². The summed E-state index contributed by atoms with van der Waals surface area (Å²) < 4.78 is 0. The second kappa shape index (κ2) is 4.04. The quantitative estimate of drug-likeness (QED) is 0.658. The van der Waals surface area contributed by atoms with E-state index < -0.39 is 0 Å². The Kier molecular flexibility index (Phi) is 2.94. The Morgan fingerprint density at radius 3 is 2.86 bits per heavy atom. The lowest BCUT2D eigenvalue weighted by Crippen LogP contribution is -2.29. The number of rotatable bonds is 2. The minimum absolute atomic E-state index is 0.461. The first-order valence-corrected chi connectivity index (χ1v) is 6.26. The zero-order valence-corrected chi connectivity index (χ0v) is 9.46. The van der Waals surface area contributed by atoms with E-state index in [4.69, 9.17) is 0 Å². The van der Waals surface area contributed by atoms with Crippen LogP contribution in [0.5, 0.6) is 0 Å². The molecule has 0 aromatic rings. The standard InChI is InChI=1S/C13H22O/c1-3-9(2)10-7-8-12-11(10)5-4-6-13(12)14/h9-12H,3-8H2,1-2H3. The third-order valence-corrected chi connectivity index (χ3v) is 4.63. The molecule has 1 heteroatoms. The van der Waals surface area contributed by atoms with Gasteiger partial charge in [-0.3, -0.25) is 4.79 Å². The average Bonchev–Trinajstić information content (AvgIpc) is 2.62. The number of ketones is 1. The van der Waals surface area contributed by atoms with Crippen LogP contribution in [-0.2, 0) is 4.79 Å². The molecule has 0 aromatic heterocycles. The molecule has 0 bridgehead atoms. The molecule has 2 saturated carbocycles. The summed E-state index contributed by atoms with van der Waals surface area (Å²) in [5, 5.41) is 0. The van der Waals surface area contributed by atoms with Gasteiger partial charge in [0.2, 0.25) is 0 Å². The molecule has 0 radical (unpaired) electrons. The Morgan fingerprint density at radius 1 is 1.36 bits per heavy atom. The molecule has 80 valence electrons. The molecule has 4 atom stereocenters. The van der Waals surface area contributed by atoms with Crippen LogP contribution in [0.4, 0.5) is 0 Å². The Balaban J connectivity index is 2.06. The molecule has 1 nitrogen and oxygen atoms in total. The van der Waals surface area contributed by atoms with Gasteiger partial charge in [0.05, 0.1) is 0 Å². The Morgan fingerprint density at radius 2 is 2.14 bits per heavy atom. The van der Waals surface area contributed by atoms with Crippen molar-refractivity contribution in [3.05, 3.63) is 0 Å². The third-order valence-electron chi connectivity index (χ3n) is 4.63. The van der Waals surface area contributed by atoms with Crippen molar-refractivity contribution in [3.8, 4) is 0 Å². The predicted octanol–water partition coefficient (Wildman–Crippen LogP) is 3.43. The largest absolute Gasteiger partial charge is 0.299 e. The molecule has 2 aliphatic carbocycles. The maximum absolute atomic E-state index is 11.7. The third kappa shape index (κ3) is 1.62. The van der Waals surface area contributed by atoms with E-state index in [1.165, 1.54) is 25.7 Å². The van der Waals surface area contributed by atoms with Gasteiger partial charge in [0.15, 0.2) is 0 Å². The number of Topliss-reactive ketones (excluding diaryl/α,β-unsaturated/α-hetero) is 1. The zero-order chi connectivity index (χ0) is 10.1. The summed E-state index contributed by atoms with van der Waals surface area (Å²) in [4.78, 5) is 11.7. The van der Waals surface area contributed by atoms with Crippen LogP contribution in [0.3, 0.4) is 0 Å². The molecule has 14 heavy (non-hydrogen) atoms. The summed E-state index contributed by atoms with van der Waals surface area (Å²) in [7, 11) is 0. The van der Waals surface area contributed by atoms with Crippen LogP contribution in [-0.4, -0.2) is 5.78 Å². The molecule has 2 aliphatic rings. The van der Waals surface area contributed by atoms with Gasteiger partial charge in [0.1, 0.15) is 5.78 Å². The van der Waals surface area contributed by atoms with Crippen LogP contribution < -0.4 is 0 Å². The summed E-state index contributed by atoms with van der Waals surface area (Å²) in [6.45, 7) is 4.65. The smallest absolute Gasteiger partial charge is 0.136 e. The normalized spacial score (nSPS) is 39.6. The molecule has 0 spiro atoms. The Labute approximate surface area is 87.3 Å². The molecule has 0 amide bonds. The van der Waals surface area contributed by atoms with E-state index in [1.54, 1.807) is 0 Å². The first kappa shape index (κ1) is 10.2. The topological polar surface area (TPSA) is 17.1 Å². The van der Waals surface area contributed by atoms with Crippen LogP contribution in [0.25, 0.3) is 0 Å². The van der Waals surface area contributed by atoms with E-state index in [0.29, 0.717) is 11.7 Å². The molecule has 0 N–H and O–H groups in total. The van der Waals surface area contributed by atoms with Crippen molar-refractivity contribution < 1.29 is 4.79 Å². The maximum atomic E-state index is 11.7. The highest BCUT2D eigenvalue weighted by molar-refractivity contribution is 5.82. The molecule has 2 rings (SSSR count). The van der Waals surface area contributed by atoms with E-state index >= 15 is 0 Å². The van der Waals surface area contributed by atoms with Crippen molar-refractivity contribution in [2.75, 3.05) is 0 Å². The van der Waals surface area contributed by atoms with Crippen molar-refractivity contribution in [2.24, 2.45) is 23.7 Å². The summed E-state index contributed by atoms with van der Waals surface area (Å²) >= 11 is 0. The first-order chi connectivity index (χ1) is 6.74. The van der Waals surface area contributed by atoms with E-state index in [0.717, 1.165) is 30.6 Å². The van der Waals surface area contributed by atoms with Gasteiger partial charge in [0, 0.05) is 12.3 Å². The van der Waals surface area contributed by atoms with Crippen LogP contribution >= 0.6 is 0 Å². The van der Waals surface area contributed by atoms with Crippen molar-refractivity contribution >= 4 is 5.78 Å². The van der Waals surface area contributed by atoms with Crippen molar-refractivity contribution in [3.63, 3.8) is 0 Å². The van der Waals surface area contributed by atoms with E-state index in [-0.39, 0.29) is 0 Å². The first-order valence-electron chi connectivity index (χ1n) is 6.26. The molecular weight excluding hydrogens is 172 g/mol. The summed E-state index contributed by atoms with van der Waals surface area (Å²) in [5.74, 6) is 3.48. The molecular formula is C13H22O.